The molecule has 0 aliphatic carbocycles. The Kier molecular flexibility index (Phi) is 4.13. The van der Waals surface area contributed by atoms with Crippen LogP contribution in [-0.4, -0.2) is 30.1 Å². The first-order valence-electron chi connectivity index (χ1n) is 5.70. The van der Waals surface area contributed by atoms with E-state index in [1.54, 1.807) is 0 Å². The molecule has 7 nitrogen and oxygen atoms in total. The van der Waals surface area contributed by atoms with Crippen LogP contribution in [0, 0.1) is 0 Å². The van der Waals surface area contributed by atoms with Crippen molar-refractivity contribution in [1.29, 1.82) is 0 Å². The lowest BCUT2D eigenvalue weighted by Gasteiger charge is -2.05. The highest BCUT2D eigenvalue weighted by Crippen LogP contribution is 2.00. The summed E-state index contributed by atoms with van der Waals surface area (Å²) in [6.07, 6.45) is 0.608. The average Bonchev–Trinajstić information content (AvgIpc) is 2.75. The number of benzene rings is 1. The third-order valence-electron chi connectivity index (χ3n) is 2.46. The minimum absolute atomic E-state index is 0.0946. The summed E-state index contributed by atoms with van der Waals surface area (Å²) < 4.78 is 25.9. The lowest BCUT2D eigenvalue weighted by atomic mass is 10.2. The van der Waals surface area contributed by atoms with Crippen LogP contribution >= 0.6 is 0 Å². The molecule has 1 aromatic heterocycles. The SMILES string of the molecule is O=c1[nH]nc(CS(=O)(=O)NCCc2ccccc2)[nH]1. The molecule has 8 heteroatoms. The van der Waals surface area contributed by atoms with Gasteiger partial charge in [-0.3, -0.25) is 4.98 Å². The topological polar surface area (TPSA) is 108 Å². The Labute approximate surface area is 110 Å². The Balaban J connectivity index is 1.86. The maximum Gasteiger partial charge on any atom is 0.340 e. The number of aromatic nitrogens is 3. The van der Waals surface area contributed by atoms with E-state index in [-0.39, 0.29) is 11.6 Å². The van der Waals surface area contributed by atoms with E-state index < -0.39 is 15.7 Å². The maximum absolute atomic E-state index is 11.7. The molecule has 0 spiro atoms. The predicted octanol–water partition coefficient (Wildman–Crippen LogP) is -0.240. The van der Waals surface area contributed by atoms with Gasteiger partial charge < -0.3 is 0 Å². The quantitative estimate of drug-likeness (QED) is 0.679. The molecule has 0 amide bonds. The minimum Gasteiger partial charge on any atom is -0.292 e. The molecule has 0 saturated heterocycles. The van der Waals surface area contributed by atoms with Gasteiger partial charge in [-0.1, -0.05) is 30.3 Å². The van der Waals surface area contributed by atoms with E-state index >= 15 is 0 Å². The van der Waals surface area contributed by atoms with Gasteiger partial charge in [0.05, 0.1) is 0 Å². The number of hydrogen-bond donors (Lipinski definition) is 3. The van der Waals surface area contributed by atoms with Crippen molar-refractivity contribution in [3.63, 3.8) is 0 Å². The number of H-pyrrole nitrogens is 2. The minimum atomic E-state index is -3.49. The molecule has 3 N–H and O–H groups in total. The van der Waals surface area contributed by atoms with Gasteiger partial charge in [0.2, 0.25) is 10.0 Å². The first-order valence-corrected chi connectivity index (χ1v) is 7.35. The Morgan fingerprint density at radius 3 is 2.58 bits per heavy atom. The van der Waals surface area contributed by atoms with Crippen LogP contribution in [0.3, 0.4) is 0 Å². The van der Waals surface area contributed by atoms with Crippen molar-refractivity contribution in [3.05, 3.63) is 52.2 Å². The van der Waals surface area contributed by atoms with E-state index in [4.69, 9.17) is 0 Å². The fourth-order valence-electron chi connectivity index (χ4n) is 1.60. The second kappa shape index (κ2) is 5.81. The van der Waals surface area contributed by atoms with E-state index in [9.17, 15) is 13.2 Å². The van der Waals surface area contributed by atoms with Crippen molar-refractivity contribution in [2.45, 2.75) is 12.2 Å². The molecule has 0 bridgehead atoms. The third-order valence-corrected chi connectivity index (χ3v) is 3.75. The van der Waals surface area contributed by atoms with Crippen molar-refractivity contribution in [2.24, 2.45) is 0 Å². The van der Waals surface area contributed by atoms with Gasteiger partial charge in [0, 0.05) is 6.54 Å². The van der Waals surface area contributed by atoms with Crippen LogP contribution in [0.4, 0.5) is 0 Å². The number of hydrogen-bond acceptors (Lipinski definition) is 4. The van der Waals surface area contributed by atoms with Gasteiger partial charge in [-0.05, 0) is 12.0 Å². The number of sulfonamides is 1. The molecule has 2 rings (SSSR count). The van der Waals surface area contributed by atoms with E-state index in [1.807, 2.05) is 30.3 Å². The van der Waals surface area contributed by atoms with E-state index in [2.05, 4.69) is 19.9 Å². The molecule has 1 heterocycles. The summed E-state index contributed by atoms with van der Waals surface area (Å²) in [5.74, 6) is -0.252. The lowest BCUT2D eigenvalue weighted by molar-refractivity contribution is 0.579. The molecule has 0 radical (unpaired) electrons. The molecule has 19 heavy (non-hydrogen) atoms. The molecule has 0 saturated carbocycles. The summed E-state index contributed by atoms with van der Waals surface area (Å²) in [7, 11) is -3.49. The molecular weight excluding hydrogens is 268 g/mol. The van der Waals surface area contributed by atoms with E-state index in [0.29, 0.717) is 13.0 Å². The largest absolute Gasteiger partial charge is 0.340 e. The molecular formula is C11H14N4O3S. The van der Waals surface area contributed by atoms with Crippen LogP contribution in [-0.2, 0) is 22.2 Å². The van der Waals surface area contributed by atoms with Gasteiger partial charge in [-0.2, -0.15) is 5.10 Å². The second-order valence-electron chi connectivity index (χ2n) is 4.01. The highest BCUT2D eigenvalue weighted by molar-refractivity contribution is 7.88. The van der Waals surface area contributed by atoms with Crippen molar-refractivity contribution in [3.8, 4) is 0 Å². The fraction of sp³-hybridized carbons (Fsp3) is 0.273. The van der Waals surface area contributed by atoms with Gasteiger partial charge >= 0.3 is 5.69 Å². The Morgan fingerprint density at radius 2 is 1.95 bits per heavy atom. The monoisotopic (exact) mass is 282 g/mol. The van der Waals surface area contributed by atoms with Crippen LogP contribution in [0.25, 0.3) is 0 Å². The average molecular weight is 282 g/mol. The van der Waals surface area contributed by atoms with E-state index in [0.717, 1.165) is 5.56 Å². The number of rotatable bonds is 6. The molecule has 0 fully saturated rings. The highest BCUT2D eigenvalue weighted by Gasteiger charge is 2.13. The zero-order valence-electron chi connectivity index (χ0n) is 10.1. The van der Waals surface area contributed by atoms with Gasteiger partial charge in [0.15, 0.2) is 0 Å². The normalized spacial score (nSPS) is 11.6. The summed E-state index contributed by atoms with van der Waals surface area (Å²) in [5.41, 5.74) is 0.535. The summed E-state index contributed by atoms with van der Waals surface area (Å²) in [5, 5.41) is 5.67. The fourth-order valence-corrected chi connectivity index (χ4v) is 2.61. The molecule has 0 aliphatic heterocycles. The van der Waals surface area contributed by atoms with Gasteiger partial charge in [-0.25, -0.2) is 23.0 Å². The number of nitrogens with one attached hydrogen (secondary N) is 3. The van der Waals surface area contributed by atoms with Gasteiger partial charge in [0.1, 0.15) is 11.6 Å². The van der Waals surface area contributed by atoms with Crippen molar-refractivity contribution in [1.82, 2.24) is 19.9 Å². The van der Waals surface area contributed by atoms with Gasteiger partial charge in [-0.15, -0.1) is 0 Å². The summed E-state index contributed by atoms with van der Waals surface area (Å²) in [6, 6.07) is 9.57. The zero-order chi connectivity index (χ0) is 13.7. The lowest BCUT2D eigenvalue weighted by Crippen LogP contribution is -2.27. The molecule has 0 unspecified atom stereocenters. The Morgan fingerprint density at radius 1 is 1.21 bits per heavy atom. The highest BCUT2D eigenvalue weighted by atomic mass is 32.2. The third kappa shape index (κ3) is 4.34. The maximum atomic E-state index is 11.7. The molecule has 0 atom stereocenters. The van der Waals surface area contributed by atoms with Crippen molar-refractivity contribution >= 4 is 10.0 Å². The van der Waals surface area contributed by atoms with Crippen molar-refractivity contribution < 1.29 is 8.42 Å². The zero-order valence-corrected chi connectivity index (χ0v) is 10.9. The standard InChI is InChI=1S/C11H14N4O3S/c16-11-13-10(14-15-11)8-19(17,18)12-7-6-9-4-2-1-3-5-9/h1-5,12H,6-8H2,(H2,13,14,15,16). The Hall–Kier alpha value is -1.93. The second-order valence-corrected chi connectivity index (χ2v) is 5.82. The summed E-state index contributed by atoms with van der Waals surface area (Å²) in [4.78, 5) is 13.1. The Bertz CT molecular complexity index is 675. The smallest absolute Gasteiger partial charge is 0.292 e. The number of nitrogens with zero attached hydrogens (tertiary/aromatic N) is 1. The molecule has 1 aromatic carbocycles. The van der Waals surface area contributed by atoms with Crippen LogP contribution in [0.1, 0.15) is 11.4 Å². The molecule has 102 valence electrons. The first-order chi connectivity index (χ1) is 9.05. The summed E-state index contributed by atoms with van der Waals surface area (Å²) in [6.45, 7) is 0.307. The number of aromatic amines is 2. The summed E-state index contributed by atoms with van der Waals surface area (Å²) >= 11 is 0. The van der Waals surface area contributed by atoms with Crippen LogP contribution in [0.2, 0.25) is 0 Å². The van der Waals surface area contributed by atoms with E-state index in [1.165, 1.54) is 0 Å². The van der Waals surface area contributed by atoms with Crippen LogP contribution in [0.5, 0.6) is 0 Å². The van der Waals surface area contributed by atoms with Crippen LogP contribution < -0.4 is 10.4 Å². The first kappa shape index (κ1) is 13.5. The molecule has 2 aromatic rings. The molecule has 0 aliphatic rings. The van der Waals surface area contributed by atoms with Crippen LogP contribution in [0.15, 0.2) is 35.1 Å². The predicted molar refractivity (Wildman–Crippen MR) is 70.0 cm³/mol. The van der Waals surface area contributed by atoms with Gasteiger partial charge in [0.25, 0.3) is 0 Å². The van der Waals surface area contributed by atoms with Crippen molar-refractivity contribution in [2.75, 3.05) is 6.54 Å².